The summed E-state index contributed by atoms with van der Waals surface area (Å²) < 4.78 is 0. The molecule has 26 nitrogen and oxygen atoms in total. The third-order valence-electron chi connectivity index (χ3n) is 10.6. The quantitative estimate of drug-likeness (QED) is 0.0177. The Morgan fingerprint density at radius 3 is 1.49 bits per heavy atom. The SMILES string of the molecule is CC(=O)N[C@@H](CCCC[NH3+])C(=O)N[C@@H](CC(N)=O)C(=O)N[C@H](C(=O)N[C@@H](CC(C)C)C(=O)N[C@@H](Cc1ccc(O)cc1)C(=O)N[C@@H](CCC[NH+]=C(N)N)C(=O)N[C@@H](CCC[NH+]=C(N)N)C(N)=O)C(C)C. The lowest BCUT2D eigenvalue weighted by Gasteiger charge is -2.29. The third kappa shape index (κ3) is 24.7. The molecule has 392 valence electrons. The zero-order chi connectivity index (χ0) is 53.1. The van der Waals surface area contributed by atoms with Gasteiger partial charge in [0.15, 0.2) is 0 Å². The lowest BCUT2D eigenvalue weighted by Crippen LogP contribution is -2.78. The number of carbonyl (C=O) groups excluding carboxylic acids is 9. The Hall–Kier alpha value is -7.25. The molecule has 0 aliphatic heterocycles. The van der Waals surface area contributed by atoms with Crippen molar-refractivity contribution < 1.29 is 64.0 Å². The second-order valence-corrected chi connectivity index (χ2v) is 17.8. The molecular weight excluding hydrogens is 913 g/mol. The van der Waals surface area contributed by atoms with Crippen LogP contribution in [0.2, 0.25) is 0 Å². The Labute approximate surface area is 408 Å². The molecule has 70 heavy (non-hydrogen) atoms. The first kappa shape index (κ1) is 60.8. The molecule has 0 fully saturated rings. The Balaban J connectivity index is 3.54. The van der Waals surface area contributed by atoms with Gasteiger partial charge in [0.2, 0.25) is 53.2 Å². The van der Waals surface area contributed by atoms with Crippen LogP contribution in [-0.2, 0) is 49.6 Å². The minimum absolute atomic E-state index is 0.00544. The molecule has 25 N–H and O–H groups in total. The van der Waals surface area contributed by atoms with Gasteiger partial charge in [0, 0.05) is 13.3 Å². The maximum Gasteiger partial charge on any atom is 0.338 e. The molecule has 1 aromatic rings. The lowest BCUT2D eigenvalue weighted by molar-refractivity contribution is -0.460. The van der Waals surface area contributed by atoms with Crippen LogP contribution in [0, 0.1) is 11.8 Å². The van der Waals surface area contributed by atoms with Gasteiger partial charge in [0.1, 0.15) is 48.0 Å². The Morgan fingerprint density at radius 1 is 0.557 bits per heavy atom. The predicted molar refractivity (Wildman–Crippen MR) is 257 cm³/mol. The minimum atomic E-state index is -1.55. The number of hydrogen-bond acceptors (Lipinski definition) is 10. The second kappa shape index (κ2) is 31.7. The summed E-state index contributed by atoms with van der Waals surface area (Å²) in [4.78, 5) is 125. The maximum atomic E-state index is 14.3. The molecule has 1 rings (SSSR count). The van der Waals surface area contributed by atoms with Crippen molar-refractivity contribution in [3.05, 3.63) is 29.8 Å². The zero-order valence-electron chi connectivity index (χ0n) is 41.0. The largest absolute Gasteiger partial charge is 0.508 e. The number of phenolic OH excluding ortho intramolecular Hbond substituents is 1. The smallest absolute Gasteiger partial charge is 0.338 e. The number of aromatic hydroxyl groups is 1. The molecule has 0 aliphatic rings. The molecule has 0 bridgehead atoms. The van der Waals surface area contributed by atoms with Crippen LogP contribution in [-0.4, -0.2) is 132 Å². The number of primary amides is 2. The molecular formula is C44H79N16O10+3. The summed E-state index contributed by atoms with van der Waals surface area (Å²) in [6.45, 7) is 9.09. The normalized spacial score (nSPS) is 13.9. The molecule has 0 aliphatic carbocycles. The molecule has 7 atom stereocenters. The average Bonchev–Trinajstić information content (AvgIpc) is 3.26. The number of nitrogens with two attached hydrogens (primary N) is 6. The molecule has 0 saturated heterocycles. The van der Waals surface area contributed by atoms with E-state index in [0.717, 1.165) is 0 Å². The van der Waals surface area contributed by atoms with Crippen LogP contribution >= 0.6 is 0 Å². The second-order valence-electron chi connectivity index (χ2n) is 17.8. The summed E-state index contributed by atoms with van der Waals surface area (Å²) in [5.41, 5.74) is 37.2. The standard InChI is InChI=1S/C44H76N16O10/c1-23(2)20-31(59-42(70)35(24(3)4)60-41(69)33(22-34(46)63)58-37(65)29(54-25(5)61)10-6-7-17-45)39(67)57-32(21-26-13-15-27(62)16-14-26)40(68)56-30(12-9-19-53-44(50)51)38(66)55-28(36(47)64)11-8-18-52-43(48)49/h13-16,23-24,28-33,35,62H,6-12,17-22,45H2,1-5H3,(H2,46,63)(H2,47,64)(H,54,61)(H,55,66)(H,56,68)(H,57,67)(H,58,65)(H,59,70)(H,60,69)(H4,48,49,52)(H4,50,51,53)/p+3/t28-,29-,30-,31-,32-,33-,35-/m0/s1. The van der Waals surface area contributed by atoms with Gasteiger partial charge < -0.3 is 59.5 Å². The van der Waals surface area contributed by atoms with E-state index in [1.54, 1.807) is 27.7 Å². The highest BCUT2D eigenvalue weighted by atomic mass is 16.3. The summed E-state index contributed by atoms with van der Waals surface area (Å²) in [6, 6.07) is -3.27. The van der Waals surface area contributed by atoms with Crippen molar-refractivity contribution in [1.82, 2.24) is 37.2 Å². The van der Waals surface area contributed by atoms with E-state index in [1.165, 1.54) is 31.2 Å². The molecule has 0 heterocycles. The van der Waals surface area contributed by atoms with Gasteiger partial charge in [-0.3, -0.25) is 76.1 Å². The molecule has 0 unspecified atom stereocenters. The van der Waals surface area contributed by atoms with E-state index in [9.17, 15) is 48.3 Å². The number of rotatable bonds is 33. The predicted octanol–water partition coefficient (Wildman–Crippen LogP) is -8.91. The van der Waals surface area contributed by atoms with Crippen molar-refractivity contribution >= 4 is 65.1 Å². The number of amides is 9. The summed E-state index contributed by atoms with van der Waals surface area (Å²) >= 11 is 0. The Bertz CT molecular complexity index is 1970. The van der Waals surface area contributed by atoms with Crippen LogP contribution in [0.25, 0.3) is 0 Å². The first-order valence-electron chi connectivity index (χ1n) is 23.3. The van der Waals surface area contributed by atoms with E-state index < -0.39 is 108 Å². The summed E-state index contributed by atoms with van der Waals surface area (Å²) in [7, 11) is 0. The van der Waals surface area contributed by atoms with Gasteiger partial charge >= 0.3 is 11.9 Å². The number of carbonyl (C=O) groups is 9. The number of quaternary nitrogens is 1. The maximum absolute atomic E-state index is 14.3. The fourth-order valence-electron chi connectivity index (χ4n) is 7.00. The first-order chi connectivity index (χ1) is 32.8. The number of unbranched alkanes of at least 4 members (excludes halogenated alkanes) is 1. The van der Waals surface area contributed by atoms with Crippen LogP contribution in [0.3, 0.4) is 0 Å². The molecule has 0 saturated carbocycles. The van der Waals surface area contributed by atoms with Gasteiger partial charge in [-0.15, -0.1) is 0 Å². The highest BCUT2D eigenvalue weighted by molar-refractivity contribution is 5.98. The molecule has 26 heteroatoms. The number of hydrogen-bond donors (Lipinski definition) is 17. The van der Waals surface area contributed by atoms with Crippen molar-refractivity contribution in [1.29, 1.82) is 0 Å². The molecule has 1 aromatic carbocycles. The summed E-state index contributed by atoms with van der Waals surface area (Å²) in [5.74, 6) is -8.22. The molecule has 0 spiro atoms. The van der Waals surface area contributed by atoms with Crippen molar-refractivity contribution in [3.63, 3.8) is 0 Å². The van der Waals surface area contributed by atoms with Crippen LogP contribution in [0.15, 0.2) is 24.3 Å². The summed E-state index contributed by atoms with van der Waals surface area (Å²) in [6.07, 6.45) is 1.30. The van der Waals surface area contributed by atoms with Gasteiger partial charge in [0.05, 0.1) is 26.1 Å². The van der Waals surface area contributed by atoms with Gasteiger partial charge in [-0.2, -0.15) is 0 Å². The van der Waals surface area contributed by atoms with Crippen molar-refractivity contribution in [2.45, 2.75) is 141 Å². The lowest BCUT2D eigenvalue weighted by atomic mass is 9.98. The van der Waals surface area contributed by atoms with E-state index in [-0.39, 0.29) is 75.2 Å². The summed E-state index contributed by atoms with van der Waals surface area (Å²) in [5, 5.41) is 28.2. The number of phenols is 1. The molecule has 9 amide bonds. The van der Waals surface area contributed by atoms with E-state index >= 15 is 0 Å². The Kier molecular flexibility index (Phi) is 27.5. The average molecular weight is 992 g/mol. The van der Waals surface area contributed by atoms with E-state index in [4.69, 9.17) is 34.4 Å². The van der Waals surface area contributed by atoms with E-state index in [2.05, 4.69) is 52.9 Å². The number of benzene rings is 1. The monoisotopic (exact) mass is 992 g/mol. The third-order valence-corrected chi connectivity index (χ3v) is 10.6. The van der Waals surface area contributed by atoms with Crippen LogP contribution in [0.1, 0.15) is 98.0 Å². The molecule has 0 aromatic heterocycles. The van der Waals surface area contributed by atoms with Crippen LogP contribution in [0.5, 0.6) is 5.75 Å². The van der Waals surface area contributed by atoms with Crippen LogP contribution < -0.4 is 87.3 Å². The van der Waals surface area contributed by atoms with Gasteiger partial charge in [-0.05, 0) is 80.9 Å². The van der Waals surface area contributed by atoms with E-state index in [1.807, 2.05) is 0 Å². The highest BCUT2D eigenvalue weighted by Gasteiger charge is 2.35. The van der Waals surface area contributed by atoms with Gasteiger partial charge in [-0.25, -0.2) is 0 Å². The van der Waals surface area contributed by atoms with Crippen molar-refractivity contribution in [2.24, 2.45) is 46.2 Å². The van der Waals surface area contributed by atoms with Gasteiger partial charge in [-0.1, -0.05) is 39.8 Å². The van der Waals surface area contributed by atoms with Crippen molar-refractivity contribution in [3.8, 4) is 5.75 Å². The number of guanidine groups is 2. The van der Waals surface area contributed by atoms with Gasteiger partial charge in [0.25, 0.3) is 0 Å². The highest BCUT2D eigenvalue weighted by Crippen LogP contribution is 2.14. The fraction of sp³-hybridized carbons (Fsp3) is 0.614. The number of nitrogens with one attached hydrogen (secondary N) is 9. The minimum Gasteiger partial charge on any atom is -0.508 e. The van der Waals surface area contributed by atoms with E-state index in [0.29, 0.717) is 31.4 Å². The molecule has 0 radical (unpaired) electrons. The Morgan fingerprint density at radius 2 is 1.00 bits per heavy atom. The van der Waals surface area contributed by atoms with Crippen LogP contribution in [0.4, 0.5) is 0 Å². The fourth-order valence-corrected chi connectivity index (χ4v) is 7.00. The topological polar surface area (TPSA) is 470 Å². The first-order valence-corrected chi connectivity index (χ1v) is 23.3. The van der Waals surface area contributed by atoms with Crippen molar-refractivity contribution in [2.75, 3.05) is 19.6 Å². The zero-order valence-corrected chi connectivity index (χ0v) is 41.0.